The number of ether oxygens (including phenoxy) is 1. The van der Waals surface area contributed by atoms with E-state index in [0.29, 0.717) is 5.41 Å². The first-order valence-electron chi connectivity index (χ1n) is 6.88. The van der Waals surface area contributed by atoms with Crippen LogP contribution in [-0.4, -0.2) is 13.1 Å². The Labute approximate surface area is 103 Å². The van der Waals surface area contributed by atoms with Gasteiger partial charge < -0.3 is 4.74 Å². The van der Waals surface area contributed by atoms with Gasteiger partial charge in [-0.15, -0.1) is 0 Å². The number of hydrogen-bond acceptors (Lipinski definition) is 2. The highest BCUT2D eigenvalue weighted by atomic mass is 16.5. The second-order valence-corrected chi connectivity index (χ2v) is 6.60. The SMILES string of the molecule is COC(=O)/C(C)=C/C12CC3CC(CC(C3)C1)C2. The number of carbonyl (C=O) groups is 1. The zero-order valence-corrected chi connectivity index (χ0v) is 10.9. The summed E-state index contributed by atoms with van der Waals surface area (Å²) >= 11 is 0. The molecule has 2 nitrogen and oxygen atoms in total. The highest BCUT2D eigenvalue weighted by molar-refractivity contribution is 5.87. The van der Waals surface area contributed by atoms with Crippen molar-refractivity contribution >= 4 is 5.97 Å². The fourth-order valence-corrected chi connectivity index (χ4v) is 5.03. The predicted molar refractivity (Wildman–Crippen MR) is 66.4 cm³/mol. The second kappa shape index (κ2) is 3.86. The molecule has 0 saturated heterocycles. The molecule has 4 aliphatic carbocycles. The van der Waals surface area contributed by atoms with Crippen molar-refractivity contribution in [1.82, 2.24) is 0 Å². The van der Waals surface area contributed by atoms with Crippen LogP contribution in [0.25, 0.3) is 0 Å². The Hall–Kier alpha value is -0.790. The molecule has 4 saturated carbocycles. The van der Waals surface area contributed by atoms with Gasteiger partial charge in [0.25, 0.3) is 0 Å². The minimum absolute atomic E-state index is 0.152. The van der Waals surface area contributed by atoms with Gasteiger partial charge >= 0.3 is 5.97 Å². The summed E-state index contributed by atoms with van der Waals surface area (Å²) in [5.74, 6) is 2.65. The van der Waals surface area contributed by atoms with Crippen molar-refractivity contribution in [2.75, 3.05) is 7.11 Å². The van der Waals surface area contributed by atoms with Crippen LogP contribution in [0.15, 0.2) is 11.6 Å². The molecule has 94 valence electrons. The average molecular weight is 234 g/mol. The van der Waals surface area contributed by atoms with Gasteiger partial charge in [-0.05, 0) is 68.6 Å². The molecule has 0 aliphatic heterocycles. The third-order valence-corrected chi connectivity index (χ3v) is 5.12. The number of allylic oxidation sites excluding steroid dienone is 1. The van der Waals surface area contributed by atoms with Crippen molar-refractivity contribution in [1.29, 1.82) is 0 Å². The van der Waals surface area contributed by atoms with Crippen LogP contribution in [-0.2, 0) is 9.53 Å². The lowest BCUT2D eigenvalue weighted by Gasteiger charge is -2.56. The molecule has 4 rings (SSSR count). The smallest absolute Gasteiger partial charge is 0.333 e. The fraction of sp³-hybridized carbons (Fsp3) is 0.800. The molecule has 0 aromatic heterocycles. The van der Waals surface area contributed by atoms with Gasteiger partial charge in [0.2, 0.25) is 0 Å². The van der Waals surface area contributed by atoms with E-state index >= 15 is 0 Å². The predicted octanol–water partition coefficient (Wildman–Crippen LogP) is 3.32. The van der Waals surface area contributed by atoms with E-state index < -0.39 is 0 Å². The number of methoxy groups -OCH3 is 1. The van der Waals surface area contributed by atoms with Gasteiger partial charge in [0.15, 0.2) is 0 Å². The molecule has 0 aromatic carbocycles. The molecule has 4 bridgehead atoms. The third-order valence-electron chi connectivity index (χ3n) is 5.12. The lowest BCUT2D eigenvalue weighted by molar-refractivity contribution is -0.136. The van der Waals surface area contributed by atoms with Crippen LogP contribution in [0.2, 0.25) is 0 Å². The summed E-state index contributed by atoms with van der Waals surface area (Å²) in [4.78, 5) is 11.5. The van der Waals surface area contributed by atoms with E-state index in [0.717, 1.165) is 23.3 Å². The van der Waals surface area contributed by atoms with E-state index in [4.69, 9.17) is 4.74 Å². The van der Waals surface area contributed by atoms with Crippen molar-refractivity contribution in [3.63, 3.8) is 0 Å². The Morgan fingerprint density at radius 3 is 2.00 bits per heavy atom. The van der Waals surface area contributed by atoms with Crippen molar-refractivity contribution in [2.24, 2.45) is 23.2 Å². The van der Waals surface area contributed by atoms with Gasteiger partial charge in [0.05, 0.1) is 7.11 Å². The zero-order valence-electron chi connectivity index (χ0n) is 10.9. The lowest BCUT2D eigenvalue weighted by atomic mass is 9.49. The molecule has 0 unspecified atom stereocenters. The van der Waals surface area contributed by atoms with E-state index in [1.807, 2.05) is 6.92 Å². The molecule has 0 atom stereocenters. The molecule has 0 amide bonds. The van der Waals surface area contributed by atoms with E-state index in [1.54, 1.807) is 0 Å². The quantitative estimate of drug-likeness (QED) is 0.541. The lowest BCUT2D eigenvalue weighted by Crippen LogP contribution is -2.45. The van der Waals surface area contributed by atoms with Crippen LogP contribution in [0.4, 0.5) is 0 Å². The first-order valence-corrected chi connectivity index (χ1v) is 6.88. The average Bonchev–Trinajstić information content (AvgIpc) is 2.25. The summed E-state index contributed by atoms with van der Waals surface area (Å²) < 4.78 is 4.82. The maximum Gasteiger partial charge on any atom is 0.333 e. The van der Waals surface area contributed by atoms with Crippen molar-refractivity contribution in [3.05, 3.63) is 11.6 Å². The van der Waals surface area contributed by atoms with Crippen LogP contribution in [0.5, 0.6) is 0 Å². The number of hydrogen-bond donors (Lipinski definition) is 0. The summed E-state index contributed by atoms with van der Waals surface area (Å²) in [6, 6.07) is 0. The second-order valence-electron chi connectivity index (χ2n) is 6.60. The van der Waals surface area contributed by atoms with Gasteiger partial charge in [0.1, 0.15) is 0 Å². The van der Waals surface area contributed by atoms with Gasteiger partial charge in [-0.1, -0.05) is 6.08 Å². The van der Waals surface area contributed by atoms with Crippen LogP contribution in [0.3, 0.4) is 0 Å². The molecule has 2 heteroatoms. The zero-order chi connectivity index (χ0) is 12.0. The highest BCUT2D eigenvalue weighted by Gasteiger charge is 2.49. The summed E-state index contributed by atoms with van der Waals surface area (Å²) in [5, 5.41) is 0. The van der Waals surface area contributed by atoms with Crippen LogP contribution < -0.4 is 0 Å². The monoisotopic (exact) mass is 234 g/mol. The summed E-state index contributed by atoms with van der Waals surface area (Å²) in [6.07, 6.45) is 10.5. The third kappa shape index (κ3) is 1.92. The molecule has 4 fully saturated rings. The largest absolute Gasteiger partial charge is 0.466 e. The van der Waals surface area contributed by atoms with Crippen molar-refractivity contribution < 1.29 is 9.53 Å². The van der Waals surface area contributed by atoms with Crippen molar-refractivity contribution in [2.45, 2.75) is 45.4 Å². The summed E-state index contributed by atoms with van der Waals surface area (Å²) in [5.41, 5.74) is 1.15. The normalized spacial score (nSPS) is 43.9. The molecule has 0 radical (unpaired) electrons. The fourth-order valence-electron chi connectivity index (χ4n) is 5.03. The van der Waals surface area contributed by atoms with E-state index in [1.165, 1.54) is 45.6 Å². The van der Waals surface area contributed by atoms with E-state index in [-0.39, 0.29) is 5.97 Å². The van der Waals surface area contributed by atoms with Gasteiger partial charge in [-0.3, -0.25) is 0 Å². The van der Waals surface area contributed by atoms with Crippen LogP contribution >= 0.6 is 0 Å². The van der Waals surface area contributed by atoms with Gasteiger partial charge in [-0.25, -0.2) is 4.79 Å². The topological polar surface area (TPSA) is 26.3 Å². The Balaban J connectivity index is 1.85. The molecule has 0 aromatic rings. The molecule has 0 heterocycles. The number of rotatable bonds is 2. The summed E-state index contributed by atoms with van der Waals surface area (Å²) in [6.45, 7) is 1.91. The van der Waals surface area contributed by atoms with E-state index in [2.05, 4.69) is 6.08 Å². The van der Waals surface area contributed by atoms with Crippen molar-refractivity contribution in [3.8, 4) is 0 Å². The Morgan fingerprint density at radius 2 is 1.59 bits per heavy atom. The number of esters is 1. The highest BCUT2D eigenvalue weighted by Crippen LogP contribution is 2.60. The number of carbonyl (C=O) groups excluding carboxylic acids is 1. The molecular weight excluding hydrogens is 212 g/mol. The minimum atomic E-state index is -0.152. The Morgan fingerprint density at radius 1 is 1.12 bits per heavy atom. The van der Waals surface area contributed by atoms with Crippen LogP contribution in [0, 0.1) is 23.2 Å². The maximum absolute atomic E-state index is 11.5. The van der Waals surface area contributed by atoms with E-state index in [9.17, 15) is 4.79 Å². The molecule has 0 spiro atoms. The Kier molecular flexibility index (Phi) is 2.57. The van der Waals surface area contributed by atoms with Gasteiger partial charge in [0, 0.05) is 5.57 Å². The van der Waals surface area contributed by atoms with Gasteiger partial charge in [-0.2, -0.15) is 0 Å². The Bertz CT molecular complexity index is 332. The standard InChI is InChI=1S/C15H22O2/c1-10(14(16)17-2)6-15-7-11-3-12(8-15)5-13(4-11)9-15/h6,11-13H,3-5,7-9H2,1-2H3/b10-6+. The minimum Gasteiger partial charge on any atom is -0.466 e. The van der Waals surface area contributed by atoms with Crippen LogP contribution in [0.1, 0.15) is 45.4 Å². The molecular formula is C15H22O2. The molecule has 17 heavy (non-hydrogen) atoms. The molecule has 4 aliphatic rings. The summed E-state index contributed by atoms with van der Waals surface area (Å²) in [7, 11) is 1.47. The first-order chi connectivity index (χ1) is 8.10. The first kappa shape index (κ1) is 11.3. The molecule has 0 N–H and O–H groups in total. The maximum atomic E-state index is 11.5.